The van der Waals surface area contributed by atoms with Crippen molar-refractivity contribution in [3.63, 3.8) is 0 Å². The summed E-state index contributed by atoms with van der Waals surface area (Å²) in [5.41, 5.74) is -0.803. The van der Waals surface area contributed by atoms with E-state index in [0.29, 0.717) is 0 Å². The molecule has 0 bridgehead atoms. The molecule has 1 amide bonds. The van der Waals surface area contributed by atoms with Gasteiger partial charge in [0.15, 0.2) is 0 Å². The molecule has 20 heavy (non-hydrogen) atoms. The lowest BCUT2D eigenvalue weighted by Gasteiger charge is -2.32. The largest absolute Gasteiger partial charge is 0.450 e. The topological polar surface area (TPSA) is 63.7 Å². The Bertz CT molecular complexity index is 425. The predicted octanol–water partition coefficient (Wildman–Crippen LogP) is 1.94. The molecule has 0 saturated carbocycles. The number of ether oxygens (including phenoxy) is 1. The van der Waals surface area contributed by atoms with Crippen LogP contribution in [0.25, 0.3) is 0 Å². The molecule has 1 aliphatic heterocycles. The zero-order valence-electron chi connectivity index (χ0n) is 11.4. The van der Waals surface area contributed by atoms with Gasteiger partial charge in [-0.25, -0.2) is 4.79 Å². The average Bonchev–Trinajstić information content (AvgIpc) is 2.25. The summed E-state index contributed by atoms with van der Waals surface area (Å²) in [5.74, 6) is -4.76. The predicted molar refractivity (Wildman–Crippen MR) is 62.0 cm³/mol. The van der Waals surface area contributed by atoms with Crippen molar-refractivity contribution >= 4 is 17.7 Å². The lowest BCUT2D eigenvalue weighted by atomic mass is 9.92. The molecule has 0 unspecified atom stereocenters. The number of piperidine rings is 1. The van der Waals surface area contributed by atoms with Gasteiger partial charge in [-0.2, -0.15) is 13.2 Å². The third kappa shape index (κ3) is 4.21. The molecule has 1 fully saturated rings. The van der Waals surface area contributed by atoms with Crippen LogP contribution in [-0.4, -0.2) is 47.4 Å². The van der Waals surface area contributed by atoms with Crippen LogP contribution in [0, 0.1) is 5.92 Å². The Balaban J connectivity index is 2.79. The fourth-order valence-corrected chi connectivity index (χ4v) is 1.75. The minimum absolute atomic E-state index is 0.0462. The van der Waals surface area contributed by atoms with Crippen LogP contribution in [0.3, 0.4) is 0 Å². The van der Waals surface area contributed by atoms with Gasteiger partial charge >= 0.3 is 12.3 Å². The molecular weight excluding hydrogens is 279 g/mol. The lowest BCUT2D eigenvalue weighted by molar-refractivity contribution is -0.178. The maximum absolute atomic E-state index is 12.4. The molecule has 0 aromatic carbocycles. The van der Waals surface area contributed by atoms with Crippen LogP contribution in [0.5, 0.6) is 0 Å². The summed E-state index contributed by atoms with van der Waals surface area (Å²) >= 11 is 0. The van der Waals surface area contributed by atoms with E-state index in [2.05, 4.69) is 0 Å². The highest BCUT2D eigenvalue weighted by atomic mass is 19.4. The van der Waals surface area contributed by atoms with Gasteiger partial charge in [-0.05, 0) is 20.8 Å². The number of alkyl halides is 3. The van der Waals surface area contributed by atoms with Crippen LogP contribution in [0.15, 0.2) is 0 Å². The van der Waals surface area contributed by atoms with Gasteiger partial charge < -0.3 is 9.64 Å². The number of carbonyl (C=O) groups excluding carboxylic acids is 3. The van der Waals surface area contributed by atoms with Crippen molar-refractivity contribution in [2.45, 2.75) is 39.0 Å². The number of rotatable bonds is 1. The summed E-state index contributed by atoms with van der Waals surface area (Å²) in [4.78, 5) is 35.3. The van der Waals surface area contributed by atoms with Crippen molar-refractivity contribution in [2.24, 2.45) is 5.92 Å². The van der Waals surface area contributed by atoms with Crippen molar-refractivity contribution in [3.8, 4) is 0 Å². The summed E-state index contributed by atoms with van der Waals surface area (Å²) in [7, 11) is 0. The van der Waals surface area contributed by atoms with Gasteiger partial charge in [0.05, 0.1) is 0 Å². The highest BCUT2D eigenvalue weighted by Gasteiger charge is 2.48. The van der Waals surface area contributed by atoms with Crippen LogP contribution in [0.2, 0.25) is 0 Å². The van der Waals surface area contributed by atoms with E-state index < -0.39 is 41.9 Å². The van der Waals surface area contributed by atoms with E-state index in [4.69, 9.17) is 4.74 Å². The summed E-state index contributed by atoms with van der Waals surface area (Å²) < 4.78 is 42.1. The Morgan fingerprint density at radius 2 is 1.80 bits per heavy atom. The van der Waals surface area contributed by atoms with Gasteiger partial charge in [0.2, 0.25) is 5.78 Å². The summed E-state index contributed by atoms with van der Waals surface area (Å²) in [5, 5.41) is 0. The molecule has 0 aromatic rings. The Morgan fingerprint density at radius 1 is 1.25 bits per heavy atom. The highest BCUT2D eigenvalue weighted by Crippen LogP contribution is 2.26. The maximum Gasteiger partial charge on any atom is 0.450 e. The van der Waals surface area contributed by atoms with Crippen LogP contribution < -0.4 is 0 Å². The van der Waals surface area contributed by atoms with Gasteiger partial charge in [-0.3, -0.25) is 9.59 Å². The molecule has 0 radical (unpaired) electrons. The number of carbonyl (C=O) groups is 3. The van der Waals surface area contributed by atoms with Gasteiger partial charge in [0.1, 0.15) is 17.3 Å². The van der Waals surface area contributed by atoms with E-state index in [1.165, 1.54) is 0 Å². The molecule has 0 aliphatic carbocycles. The first-order valence-electron chi connectivity index (χ1n) is 6.03. The van der Waals surface area contributed by atoms with Crippen molar-refractivity contribution in [1.82, 2.24) is 4.90 Å². The second-order valence-electron chi connectivity index (χ2n) is 5.56. The number of nitrogens with zero attached hydrogens (tertiary/aromatic N) is 1. The first kappa shape index (κ1) is 16.5. The summed E-state index contributed by atoms with van der Waals surface area (Å²) in [6.07, 6.45) is -6.20. The van der Waals surface area contributed by atoms with E-state index >= 15 is 0 Å². The fourth-order valence-electron chi connectivity index (χ4n) is 1.75. The normalized spacial score (nSPS) is 20.8. The number of likely N-dealkylation sites (tertiary alicyclic amines) is 1. The molecular formula is C12H16F3NO4. The average molecular weight is 295 g/mol. The van der Waals surface area contributed by atoms with Crippen LogP contribution in [0.1, 0.15) is 27.2 Å². The molecule has 1 aliphatic rings. The summed E-state index contributed by atoms with van der Waals surface area (Å²) in [6.45, 7) is 4.19. The Hall–Kier alpha value is -1.60. The van der Waals surface area contributed by atoms with Gasteiger partial charge in [0, 0.05) is 19.5 Å². The lowest BCUT2D eigenvalue weighted by Crippen LogP contribution is -2.50. The van der Waals surface area contributed by atoms with Crippen LogP contribution >= 0.6 is 0 Å². The number of ketones is 2. The maximum atomic E-state index is 12.4. The van der Waals surface area contributed by atoms with Crippen molar-refractivity contribution in [3.05, 3.63) is 0 Å². The molecule has 114 valence electrons. The number of halogens is 3. The quantitative estimate of drug-likeness (QED) is 0.694. The second kappa shape index (κ2) is 5.41. The molecule has 1 atom stereocenters. The molecule has 0 spiro atoms. The SMILES string of the molecule is CC(C)(C)OC(=O)N1CCC(=O)[C@@H](C(=O)C(F)(F)F)C1. The summed E-state index contributed by atoms with van der Waals surface area (Å²) in [6, 6.07) is 0. The van der Waals surface area contributed by atoms with E-state index in [9.17, 15) is 27.6 Å². The first-order chi connectivity index (χ1) is 8.92. The van der Waals surface area contributed by atoms with Gasteiger partial charge in [-0.1, -0.05) is 0 Å². The van der Waals surface area contributed by atoms with Crippen LogP contribution in [-0.2, 0) is 14.3 Å². The molecule has 5 nitrogen and oxygen atoms in total. The molecule has 8 heteroatoms. The highest BCUT2D eigenvalue weighted by molar-refractivity contribution is 6.05. The van der Waals surface area contributed by atoms with E-state index in [-0.39, 0.29) is 13.0 Å². The Morgan fingerprint density at radius 3 is 2.25 bits per heavy atom. The molecule has 1 rings (SSSR count). The minimum atomic E-state index is -5.09. The minimum Gasteiger partial charge on any atom is -0.444 e. The number of hydrogen-bond acceptors (Lipinski definition) is 4. The van der Waals surface area contributed by atoms with Crippen LogP contribution in [0.4, 0.5) is 18.0 Å². The zero-order valence-corrected chi connectivity index (χ0v) is 11.4. The monoisotopic (exact) mass is 295 g/mol. The Labute approximate surface area is 114 Å². The number of hydrogen-bond donors (Lipinski definition) is 0. The van der Waals surface area contributed by atoms with Crippen molar-refractivity contribution in [2.75, 3.05) is 13.1 Å². The van der Waals surface area contributed by atoms with E-state index in [1.807, 2.05) is 0 Å². The van der Waals surface area contributed by atoms with Gasteiger partial charge in [-0.15, -0.1) is 0 Å². The Kier molecular flexibility index (Phi) is 4.45. The third-order valence-corrected chi connectivity index (χ3v) is 2.67. The standard InChI is InChI=1S/C12H16F3NO4/c1-11(2,3)20-10(19)16-5-4-8(17)7(6-16)9(18)12(13,14)15/h7H,4-6H2,1-3H3/t7-/m0/s1. The molecule has 0 N–H and O–H groups in total. The molecule has 1 saturated heterocycles. The fraction of sp³-hybridized carbons (Fsp3) is 0.750. The number of amides is 1. The van der Waals surface area contributed by atoms with E-state index in [1.54, 1.807) is 20.8 Å². The number of Topliss-reactive ketones (excluding diaryl/α,β-unsaturated/α-hetero) is 2. The zero-order chi connectivity index (χ0) is 15.7. The third-order valence-electron chi connectivity index (χ3n) is 2.67. The first-order valence-corrected chi connectivity index (χ1v) is 6.03. The van der Waals surface area contributed by atoms with Crippen molar-refractivity contribution in [1.29, 1.82) is 0 Å². The second-order valence-corrected chi connectivity index (χ2v) is 5.56. The molecule has 1 heterocycles. The van der Waals surface area contributed by atoms with E-state index in [0.717, 1.165) is 4.90 Å². The smallest absolute Gasteiger partial charge is 0.444 e. The van der Waals surface area contributed by atoms with Gasteiger partial charge in [0.25, 0.3) is 0 Å². The van der Waals surface area contributed by atoms with Crippen molar-refractivity contribution < 1.29 is 32.3 Å². The molecule has 0 aromatic heterocycles.